The summed E-state index contributed by atoms with van der Waals surface area (Å²) >= 11 is 0. The molecule has 3 atom stereocenters. The highest BCUT2D eigenvalue weighted by molar-refractivity contribution is 5.68. The molecule has 0 aromatic heterocycles. The second kappa shape index (κ2) is 4.82. The van der Waals surface area contributed by atoms with Crippen LogP contribution in [0.25, 0.3) is 0 Å². The number of alkyl carbamates (subject to hydrolysis) is 1. The number of carbonyl (C=O) groups is 1. The first-order chi connectivity index (χ1) is 7.63. The van der Waals surface area contributed by atoms with E-state index < -0.39 is 17.3 Å². The van der Waals surface area contributed by atoms with Crippen molar-refractivity contribution >= 4 is 6.09 Å². The van der Waals surface area contributed by atoms with Crippen molar-refractivity contribution in [2.75, 3.05) is 13.1 Å². The topological polar surface area (TPSA) is 70.6 Å². The lowest BCUT2D eigenvalue weighted by Crippen LogP contribution is -2.64. The van der Waals surface area contributed by atoms with E-state index in [4.69, 9.17) is 4.74 Å². The molecule has 1 aliphatic rings. The van der Waals surface area contributed by atoms with Crippen LogP contribution in [0, 0.1) is 5.92 Å². The smallest absolute Gasteiger partial charge is 0.408 e. The number of aliphatic hydroxyl groups is 1. The van der Waals surface area contributed by atoms with E-state index in [2.05, 4.69) is 10.6 Å². The molecule has 1 rings (SSSR count). The van der Waals surface area contributed by atoms with Crippen LogP contribution in [0.3, 0.4) is 0 Å². The van der Waals surface area contributed by atoms with E-state index in [0.29, 0.717) is 6.54 Å². The maximum atomic E-state index is 11.6. The molecule has 0 aromatic rings. The molecule has 0 spiro atoms. The molecule has 17 heavy (non-hydrogen) atoms. The van der Waals surface area contributed by atoms with Crippen LogP contribution in [0.4, 0.5) is 4.79 Å². The molecule has 0 bridgehead atoms. The van der Waals surface area contributed by atoms with E-state index in [9.17, 15) is 9.90 Å². The Balaban J connectivity index is 2.58. The fourth-order valence-electron chi connectivity index (χ4n) is 1.85. The van der Waals surface area contributed by atoms with Gasteiger partial charge in [0.15, 0.2) is 0 Å². The van der Waals surface area contributed by atoms with Gasteiger partial charge in [0.2, 0.25) is 0 Å². The predicted molar refractivity (Wildman–Crippen MR) is 65.8 cm³/mol. The third-order valence-electron chi connectivity index (χ3n) is 3.19. The standard InChI is InChI=1S/C12H24N2O3/c1-8-6-13-7-9(12(8,5)16)14-10(15)17-11(2,3)4/h8-9,13,16H,6-7H2,1-5H3,(H,14,15). The van der Waals surface area contributed by atoms with Crippen LogP contribution in [-0.2, 0) is 4.74 Å². The average molecular weight is 244 g/mol. The summed E-state index contributed by atoms with van der Waals surface area (Å²) in [5.41, 5.74) is -1.44. The highest BCUT2D eigenvalue weighted by Gasteiger charge is 2.41. The van der Waals surface area contributed by atoms with Crippen molar-refractivity contribution in [1.82, 2.24) is 10.6 Å². The van der Waals surface area contributed by atoms with Crippen LogP contribution in [0.1, 0.15) is 34.6 Å². The lowest BCUT2D eigenvalue weighted by molar-refractivity contribution is -0.0469. The van der Waals surface area contributed by atoms with Crippen LogP contribution < -0.4 is 10.6 Å². The van der Waals surface area contributed by atoms with Crippen molar-refractivity contribution in [2.45, 2.75) is 51.9 Å². The maximum Gasteiger partial charge on any atom is 0.408 e. The Morgan fingerprint density at radius 2 is 2.06 bits per heavy atom. The average Bonchev–Trinajstić information content (AvgIpc) is 2.10. The molecular weight excluding hydrogens is 220 g/mol. The normalized spacial score (nSPS) is 34.2. The van der Waals surface area contributed by atoms with Gasteiger partial charge in [-0.15, -0.1) is 0 Å². The number of amides is 1. The van der Waals surface area contributed by atoms with E-state index in [-0.39, 0.29) is 12.0 Å². The summed E-state index contributed by atoms with van der Waals surface area (Å²) in [5.74, 6) is 0.0798. The minimum atomic E-state index is -0.915. The van der Waals surface area contributed by atoms with Gasteiger partial charge >= 0.3 is 6.09 Å². The third-order valence-corrected chi connectivity index (χ3v) is 3.19. The molecule has 0 aromatic carbocycles. The predicted octanol–water partition coefficient (Wildman–Crippen LogP) is 0.870. The maximum absolute atomic E-state index is 11.6. The highest BCUT2D eigenvalue weighted by Crippen LogP contribution is 2.24. The van der Waals surface area contributed by atoms with Crippen molar-refractivity contribution in [3.63, 3.8) is 0 Å². The Bertz CT molecular complexity index is 284. The second-order valence-electron chi connectivity index (χ2n) is 5.98. The lowest BCUT2D eigenvalue weighted by atomic mass is 9.81. The third kappa shape index (κ3) is 3.85. The van der Waals surface area contributed by atoms with Crippen molar-refractivity contribution in [3.05, 3.63) is 0 Å². The number of carbonyl (C=O) groups excluding carboxylic acids is 1. The van der Waals surface area contributed by atoms with Gasteiger partial charge in [-0.2, -0.15) is 0 Å². The van der Waals surface area contributed by atoms with E-state index in [1.54, 1.807) is 6.92 Å². The van der Waals surface area contributed by atoms with Gasteiger partial charge in [-0.25, -0.2) is 4.79 Å². The molecule has 0 aliphatic carbocycles. The summed E-state index contributed by atoms with van der Waals surface area (Å²) in [6.45, 7) is 10.4. The van der Waals surface area contributed by atoms with Gasteiger partial charge in [0.05, 0.1) is 11.6 Å². The number of piperidine rings is 1. The summed E-state index contributed by atoms with van der Waals surface area (Å²) in [7, 11) is 0. The molecule has 3 N–H and O–H groups in total. The molecule has 0 saturated carbocycles. The second-order valence-corrected chi connectivity index (χ2v) is 5.98. The van der Waals surface area contributed by atoms with Crippen molar-refractivity contribution in [3.8, 4) is 0 Å². The van der Waals surface area contributed by atoms with Gasteiger partial charge < -0.3 is 20.5 Å². The molecule has 100 valence electrons. The van der Waals surface area contributed by atoms with Crippen LogP contribution in [0.15, 0.2) is 0 Å². The van der Waals surface area contributed by atoms with Gasteiger partial charge in [0.25, 0.3) is 0 Å². The molecule has 0 radical (unpaired) electrons. The molecular formula is C12H24N2O3. The van der Waals surface area contributed by atoms with Crippen LogP contribution in [-0.4, -0.2) is 41.5 Å². The first kappa shape index (κ1) is 14.3. The summed E-state index contributed by atoms with van der Waals surface area (Å²) < 4.78 is 5.18. The Morgan fingerprint density at radius 1 is 1.47 bits per heavy atom. The van der Waals surface area contributed by atoms with Gasteiger partial charge in [0, 0.05) is 13.1 Å². The van der Waals surface area contributed by atoms with E-state index >= 15 is 0 Å². The Labute approximate surface area is 103 Å². The first-order valence-electron chi connectivity index (χ1n) is 6.05. The zero-order valence-electron chi connectivity index (χ0n) is 11.3. The Hall–Kier alpha value is -0.810. The van der Waals surface area contributed by atoms with Gasteiger partial charge in [0.1, 0.15) is 5.60 Å². The highest BCUT2D eigenvalue weighted by atomic mass is 16.6. The van der Waals surface area contributed by atoms with Gasteiger partial charge in [-0.1, -0.05) is 6.92 Å². The van der Waals surface area contributed by atoms with Crippen LogP contribution in [0.2, 0.25) is 0 Å². The number of ether oxygens (including phenoxy) is 1. The Kier molecular flexibility index (Phi) is 4.04. The molecule has 1 amide bonds. The summed E-state index contributed by atoms with van der Waals surface area (Å²) in [6, 6.07) is -0.332. The fraction of sp³-hybridized carbons (Fsp3) is 0.917. The van der Waals surface area contributed by atoms with Gasteiger partial charge in [-0.3, -0.25) is 0 Å². The number of rotatable bonds is 1. The van der Waals surface area contributed by atoms with Crippen molar-refractivity contribution in [1.29, 1.82) is 0 Å². The molecule has 5 nitrogen and oxygen atoms in total. The number of hydrogen-bond donors (Lipinski definition) is 3. The number of hydrogen-bond acceptors (Lipinski definition) is 4. The van der Waals surface area contributed by atoms with E-state index in [0.717, 1.165) is 6.54 Å². The quantitative estimate of drug-likeness (QED) is 0.640. The van der Waals surface area contributed by atoms with Gasteiger partial charge in [-0.05, 0) is 33.6 Å². The molecule has 1 fully saturated rings. The van der Waals surface area contributed by atoms with Crippen molar-refractivity contribution < 1.29 is 14.6 Å². The zero-order chi connectivity index (χ0) is 13.3. The lowest BCUT2D eigenvalue weighted by Gasteiger charge is -2.42. The molecule has 1 saturated heterocycles. The minimum Gasteiger partial charge on any atom is -0.444 e. The molecule has 5 heteroatoms. The molecule has 3 unspecified atom stereocenters. The number of nitrogens with one attached hydrogen (secondary N) is 2. The van der Waals surface area contributed by atoms with Crippen LogP contribution >= 0.6 is 0 Å². The fourth-order valence-corrected chi connectivity index (χ4v) is 1.85. The Morgan fingerprint density at radius 3 is 2.59 bits per heavy atom. The first-order valence-corrected chi connectivity index (χ1v) is 6.05. The monoisotopic (exact) mass is 244 g/mol. The summed E-state index contributed by atoms with van der Waals surface area (Å²) in [6.07, 6.45) is -0.487. The minimum absolute atomic E-state index is 0.0798. The van der Waals surface area contributed by atoms with E-state index in [1.165, 1.54) is 0 Å². The zero-order valence-corrected chi connectivity index (χ0v) is 11.3. The SMILES string of the molecule is CC1CNCC(NC(=O)OC(C)(C)C)C1(C)O. The van der Waals surface area contributed by atoms with E-state index in [1.807, 2.05) is 27.7 Å². The summed E-state index contributed by atoms with van der Waals surface area (Å²) in [4.78, 5) is 11.6. The van der Waals surface area contributed by atoms with Crippen molar-refractivity contribution in [2.24, 2.45) is 5.92 Å². The molecule has 1 aliphatic heterocycles. The largest absolute Gasteiger partial charge is 0.444 e. The molecule has 1 heterocycles. The van der Waals surface area contributed by atoms with Crippen LogP contribution in [0.5, 0.6) is 0 Å². The summed E-state index contributed by atoms with van der Waals surface area (Å²) in [5, 5.41) is 16.2.